The number of halogens is 8. The monoisotopic (exact) mass is 2030 g/mol. The van der Waals surface area contributed by atoms with Gasteiger partial charge >= 0.3 is 0 Å². The van der Waals surface area contributed by atoms with Gasteiger partial charge in [-0.3, -0.25) is 0 Å². The maximum atomic E-state index is 15.0. The fourth-order valence-corrected chi connectivity index (χ4v) is 123. The second-order valence-corrected chi connectivity index (χ2v) is 86.2. The number of ether oxygens (including phenoxy) is 2. The Morgan fingerprint density at radius 1 is 0.437 bits per heavy atom. The molecule has 8 aromatic carbocycles. The van der Waals surface area contributed by atoms with Crippen LogP contribution in [0.15, 0.2) is 209 Å². The molecule has 0 aliphatic rings. The Labute approximate surface area is 681 Å². The van der Waals surface area contributed by atoms with Crippen LogP contribution >= 0.6 is 206 Å². The van der Waals surface area contributed by atoms with Gasteiger partial charge in [0.1, 0.15) is 18.1 Å². The number of benzene rings is 8. The zero-order chi connectivity index (χ0) is 74.8. The molecule has 4 aromatic heterocycles. The first kappa shape index (κ1) is 89.2. The summed E-state index contributed by atoms with van der Waals surface area (Å²) >= 11 is 21.4. The Balaban J connectivity index is 0.000000172. The van der Waals surface area contributed by atoms with Crippen molar-refractivity contribution in [2.75, 3.05) is 60.9 Å². The van der Waals surface area contributed by atoms with E-state index in [2.05, 4.69) is 290 Å². The van der Waals surface area contributed by atoms with Gasteiger partial charge in [0.2, 0.25) is 5.88 Å². The van der Waals surface area contributed by atoms with Crippen molar-refractivity contribution in [3.8, 4) is 11.6 Å². The van der Waals surface area contributed by atoms with E-state index >= 15 is 0 Å². The molecule has 12 rings (SSSR count). The van der Waals surface area contributed by atoms with Crippen molar-refractivity contribution >= 4 is 272 Å². The molecule has 14 atom stereocenters. The fourth-order valence-electron chi connectivity index (χ4n) is 12.1. The van der Waals surface area contributed by atoms with Gasteiger partial charge in [0.15, 0.2) is 0 Å². The highest BCUT2D eigenvalue weighted by Crippen LogP contribution is 3.05. The van der Waals surface area contributed by atoms with Crippen molar-refractivity contribution in [1.29, 1.82) is 0 Å². The molecule has 0 spiro atoms. The van der Waals surface area contributed by atoms with Crippen LogP contribution in [-0.2, 0) is 38.9 Å². The summed E-state index contributed by atoms with van der Waals surface area (Å²) in [5.74, 6) is 1.37. The number of rotatable bonds is 24. The average Bonchev–Trinajstić information content (AvgIpc) is 1.62. The van der Waals surface area contributed by atoms with Crippen LogP contribution in [0.3, 0.4) is 0 Å². The van der Waals surface area contributed by atoms with Crippen LogP contribution in [0.25, 0.3) is 65.4 Å². The fraction of sp³-hybridized carbons (Fsp3) is 0.284. The third kappa shape index (κ3) is 26.1. The summed E-state index contributed by atoms with van der Waals surface area (Å²) in [7, 11) is 20.7. The Morgan fingerprint density at radius 2 is 0.806 bits per heavy atom. The Bertz CT molecular complexity index is 4330. The Morgan fingerprint density at radius 3 is 1.15 bits per heavy atom. The van der Waals surface area contributed by atoms with Gasteiger partial charge in [-0.15, -0.1) is 44.6 Å². The third-order valence-electron chi connectivity index (χ3n) is 16.6. The summed E-state index contributed by atoms with van der Waals surface area (Å²) in [6, 6.07) is 61.1. The number of nitrogens with zero attached hydrogens (tertiary/aromatic N) is 4. The second kappa shape index (κ2) is 44.3. The zero-order valence-electron chi connectivity index (χ0n) is 59.0. The van der Waals surface area contributed by atoms with E-state index in [1.54, 1.807) is 20.3 Å². The van der Waals surface area contributed by atoms with E-state index in [1.165, 1.54) is 24.6 Å². The second-order valence-electron chi connectivity index (χ2n) is 24.6. The quantitative estimate of drug-likeness (QED) is 0.0612. The van der Waals surface area contributed by atoms with Crippen LogP contribution in [0.1, 0.15) is 36.1 Å². The summed E-state index contributed by atoms with van der Waals surface area (Å²) in [6.45, 7) is 19.4. The molecule has 103 heavy (non-hydrogen) atoms. The summed E-state index contributed by atoms with van der Waals surface area (Å²) in [4.78, 5) is 4.37. The highest BCUT2D eigenvalue weighted by molar-refractivity contribution is 9.11. The third-order valence-corrected chi connectivity index (χ3v) is 102. The maximum absolute atomic E-state index is 15.0. The highest BCUT2D eigenvalue weighted by atomic mass is 79.9. The van der Waals surface area contributed by atoms with Crippen molar-refractivity contribution in [2.45, 2.75) is 76.6 Å². The largest absolute Gasteiger partial charge is 0.497 e. The number of aliphatic hydroxyl groups is 1. The topological polar surface area (TPSA) is 66.4 Å². The van der Waals surface area contributed by atoms with Crippen molar-refractivity contribution in [3.05, 3.63) is 226 Å². The van der Waals surface area contributed by atoms with E-state index < -0.39 is 12.3 Å². The lowest BCUT2D eigenvalue weighted by Gasteiger charge is -2.30. The van der Waals surface area contributed by atoms with Crippen molar-refractivity contribution in [1.82, 2.24) is 18.7 Å². The normalized spacial score (nSPS) is 14.0. The van der Waals surface area contributed by atoms with Crippen LogP contribution in [0.4, 0.5) is 8.78 Å². The first-order valence-corrected chi connectivity index (χ1v) is 65.7. The summed E-state index contributed by atoms with van der Waals surface area (Å²) in [5, 5.41) is 17.6. The molecule has 0 aliphatic carbocycles. The molecule has 29 heteroatoms. The zero-order valence-corrected chi connectivity index (χ0v) is 82.4. The molecule has 0 radical (unpaired) electrons. The van der Waals surface area contributed by atoms with Crippen molar-refractivity contribution in [2.24, 2.45) is 0 Å². The van der Waals surface area contributed by atoms with Gasteiger partial charge in [-0.05, 0) is 252 Å². The van der Waals surface area contributed by atoms with Gasteiger partial charge in [0, 0.05) is 111 Å². The molecule has 0 saturated carbocycles. The molecular weight excluding hydrogens is 1940 g/mol. The predicted octanol–water partition coefficient (Wildman–Crippen LogP) is 30.6. The van der Waals surface area contributed by atoms with Gasteiger partial charge < -0.3 is 28.3 Å². The number of aliphatic hydroxyl groups excluding tert-OH is 1. The van der Waals surface area contributed by atoms with E-state index in [4.69, 9.17) is 9.47 Å². The lowest BCUT2D eigenvalue weighted by atomic mass is 10.1. The molecule has 550 valence electrons. The van der Waals surface area contributed by atoms with E-state index in [1.807, 2.05) is 91.0 Å². The van der Waals surface area contributed by atoms with Crippen LogP contribution in [0, 0.1) is 0 Å². The first-order valence-electron chi connectivity index (χ1n) is 32.9. The van der Waals surface area contributed by atoms with Gasteiger partial charge in [0.05, 0.1) is 33.4 Å². The van der Waals surface area contributed by atoms with Crippen LogP contribution in [0.5, 0.6) is 11.6 Å². The molecule has 0 fully saturated rings. The molecule has 1 N–H and O–H groups in total. The first-order chi connectivity index (χ1) is 49.2. The summed E-state index contributed by atoms with van der Waals surface area (Å²) in [5.41, 5.74) is 9.70. The molecular formula is C74H90Br6F2N4O3P14. The minimum atomic E-state index is -0.973. The standard InChI is InChI=1S/C23H20Br2FNO.C22H19Br2FN2O.C22H19Br2NO.C4H17P7.C3H15P7/c1-28-19-4-2-3-15(11-19)5-8-18(26)14-27-22-9-6-16(24)12-20(22)21-13-17(25)7-10-23(21)27;1-28-22-4-2-3-17(26-22)8-7-16(25)13-27-20-9-5-14(23)11-18(20)19-12-15(24)6-10-21(19)27;23-16-7-10-21-19(12-16)20-13-17(24)8-11-22(20)25(21)14-18(26)9-6-15-4-2-1-3-5-15;1-7-10(6)11(8(2)3)9(4)5;1-7(2)10(8(3)4)9(5)6/h2-4,6-7,9-13,18H,5,8,14H2,1H3;2-6,9-12,16H,7-8,13H2,1H3;1-5,7-8,10-13,18,26H,6,9,14H2;7H,5-6H2,1-4H3;4-6H2,1-3H3/t;16-;;;/m.0.../s1. The number of alkyl halides is 2. The number of hydrogen-bond acceptors (Lipinski definition) is 4. The number of fused-ring (bicyclic) bond motifs is 9. The summed E-state index contributed by atoms with van der Waals surface area (Å²) in [6.07, 6.45) is 1.49. The van der Waals surface area contributed by atoms with Gasteiger partial charge in [0.25, 0.3) is 0 Å². The lowest BCUT2D eigenvalue weighted by molar-refractivity contribution is 0.147. The SMILES string of the molecule is COc1cccc(CCC(F)Cn2c3ccc(Br)cc3c3cc(Br)ccc32)c1.COc1cccc(CC[C@H](F)Cn2c3ccc(Br)cc3c3cc(Br)ccc32)n1.CP(C)P(P(C)P)P(P)P.CPP(P)P(P(C)C)P(C)P.OC(CCc1ccccc1)Cn1c2ccc(Br)cc2c2cc(Br)ccc21. The molecule has 7 nitrogen and oxygen atoms in total. The minimum absolute atomic E-state index is 0.192. The van der Waals surface area contributed by atoms with E-state index in [0.29, 0.717) is 87.4 Å². The maximum Gasteiger partial charge on any atom is 0.213 e. The Kier molecular flexibility index (Phi) is 38.4. The van der Waals surface area contributed by atoms with Crippen molar-refractivity contribution < 1.29 is 23.4 Å². The molecule has 4 heterocycles. The van der Waals surface area contributed by atoms with E-state index in [0.717, 1.165) is 111 Å². The molecule has 0 aliphatic heterocycles. The van der Waals surface area contributed by atoms with Gasteiger partial charge in [-0.2, -0.15) is 0 Å². The number of pyridine rings is 1. The van der Waals surface area contributed by atoms with E-state index in [-0.39, 0.29) is 27.7 Å². The number of aryl methyl sites for hydroxylation is 3. The molecule has 0 amide bonds. The van der Waals surface area contributed by atoms with Crippen LogP contribution in [-0.4, -0.2) is 103 Å². The molecule has 13 unspecified atom stereocenters. The van der Waals surface area contributed by atoms with Gasteiger partial charge in [-0.25, -0.2) is 13.8 Å². The average molecular weight is 2030 g/mol. The lowest BCUT2D eigenvalue weighted by Crippen LogP contribution is -2.16. The number of aromatic nitrogens is 4. The molecule has 0 saturated heterocycles. The minimum Gasteiger partial charge on any atom is -0.497 e. The smallest absolute Gasteiger partial charge is 0.213 e. The predicted molar refractivity (Wildman–Crippen MR) is 509 cm³/mol. The Hall–Kier alpha value is 0.630. The highest BCUT2D eigenvalue weighted by Gasteiger charge is 2.24. The molecule has 0 bridgehead atoms. The molecule has 12 aromatic rings. The van der Waals surface area contributed by atoms with Crippen LogP contribution < -0.4 is 9.47 Å². The number of hydrogen-bond donors (Lipinski definition) is 1. The van der Waals surface area contributed by atoms with Crippen molar-refractivity contribution in [3.63, 3.8) is 0 Å². The van der Waals surface area contributed by atoms with E-state index in [9.17, 15) is 13.9 Å². The summed E-state index contributed by atoms with van der Waals surface area (Å²) < 4.78 is 52.9. The number of methoxy groups -OCH3 is 2. The van der Waals surface area contributed by atoms with Gasteiger partial charge in [-0.1, -0.05) is 182 Å². The van der Waals surface area contributed by atoms with Crippen LogP contribution in [0.2, 0.25) is 0 Å².